The fourth-order valence-electron chi connectivity index (χ4n) is 3.39. The van der Waals surface area contributed by atoms with Crippen LogP contribution in [0.3, 0.4) is 0 Å². The van der Waals surface area contributed by atoms with Crippen molar-refractivity contribution in [1.82, 2.24) is 0 Å². The van der Waals surface area contributed by atoms with Crippen molar-refractivity contribution < 1.29 is 13.9 Å². The van der Waals surface area contributed by atoms with Crippen LogP contribution >= 0.6 is 0 Å². The minimum atomic E-state index is -0.102. The molecule has 19 heavy (non-hydrogen) atoms. The van der Waals surface area contributed by atoms with Gasteiger partial charge in [-0.1, -0.05) is 41.5 Å². The van der Waals surface area contributed by atoms with Gasteiger partial charge in [-0.2, -0.15) is 0 Å². The molecule has 2 aliphatic rings. The van der Waals surface area contributed by atoms with Crippen LogP contribution in [-0.4, -0.2) is 26.4 Å². The Kier molecular flexibility index (Phi) is 5.02. The van der Waals surface area contributed by atoms with Gasteiger partial charge in [-0.05, 0) is 36.3 Å². The van der Waals surface area contributed by atoms with Gasteiger partial charge in [-0.25, -0.2) is 0 Å². The Morgan fingerprint density at radius 2 is 1.16 bits per heavy atom. The average Bonchev–Trinajstić information content (AvgIpc) is 2.83. The van der Waals surface area contributed by atoms with E-state index in [1.807, 2.05) is 0 Å². The Morgan fingerprint density at radius 1 is 0.789 bits per heavy atom. The third kappa shape index (κ3) is 2.88. The molecule has 0 aromatic rings. The molecule has 0 radical (unpaired) electrons. The SMILES string of the molecule is CCC1OB(OB2OC(CC)C(C)C2C)C(C)C1C. The Labute approximate surface area is 119 Å². The van der Waals surface area contributed by atoms with E-state index in [2.05, 4.69) is 41.5 Å². The second-order valence-corrected chi connectivity index (χ2v) is 6.47. The summed E-state index contributed by atoms with van der Waals surface area (Å²) >= 11 is 0. The molecule has 2 saturated heterocycles. The van der Waals surface area contributed by atoms with E-state index < -0.39 is 0 Å². The van der Waals surface area contributed by atoms with Gasteiger partial charge in [0.15, 0.2) is 0 Å². The van der Waals surface area contributed by atoms with Crippen molar-refractivity contribution in [3.63, 3.8) is 0 Å². The summed E-state index contributed by atoms with van der Waals surface area (Å²) < 4.78 is 18.3. The highest BCUT2D eigenvalue weighted by Crippen LogP contribution is 2.41. The summed E-state index contributed by atoms with van der Waals surface area (Å²) in [5, 5.41) is 0. The van der Waals surface area contributed by atoms with E-state index in [0.717, 1.165) is 12.8 Å². The maximum Gasteiger partial charge on any atom is 0.446 e. The van der Waals surface area contributed by atoms with Crippen LogP contribution in [0.25, 0.3) is 0 Å². The standard InChI is InChI=1S/C14H28B2O3/c1-7-13-9(3)11(5)15(17-13)19-16-12(6)10(4)14(8-2)18-16/h9-14H,7-8H2,1-6H3. The molecule has 0 amide bonds. The van der Waals surface area contributed by atoms with Crippen LogP contribution in [-0.2, 0) is 13.9 Å². The van der Waals surface area contributed by atoms with Crippen molar-refractivity contribution in [2.75, 3.05) is 0 Å². The van der Waals surface area contributed by atoms with E-state index in [-0.39, 0.29) is 14.2 Å². The highest BCUT2D eigenvalue weighted by Gasteiger charge is 2.50. The van der Waals surface area contributed by atoms with Crippen LogP contribution in [0.1, 0.15) is 54.4 Å². The zero-order valence-electron chi connectivity index (χ0n) is 13.3. The molecule has 0 aromatic carbocycles. The van der Waals surface area contributed by atoms with Crippen LogP contribution in [0.4, 0.5) is 0 Å². The molecule has 6 unspecified atom stereocenters. The molecule has 0 aromatic heterocycles. The monoisotopic (exact) mass is 266 g/mol. The van der Waals surface area contributed by atoms with Gasteiger partial charge in [0, 0.05) is 12.2 Å². The van der Waals surface area contributed by atoms with Gasteiger partial charge in [0.05, 0.1) is 0 Å². The molecule has 5 heteroatoms. The minimum Gasteiger partial charge on any atom is -0.451 e. The molecular formula is C14H28B2O3. The second-order valence-electron chi connectivity index (χ2n) is 6.47. The summed E-state index contributed by atoms with van der Waals surface area (Å²) in [6.45, 7) is 13.3. The van der Waals surface area contributed by atoms with Crippen molar-refractivity contribution in [3.05, 3.63) is 0 Å². The fourth-order valence-corrected chi connectivity index (χ4v) is 3.39. The number of hydrogen-bond acceptors (Lipinski definition) is 3. The van der Waals surface area contributed by atoms with Crippen LogP contribution in [0.5, 0.6) is 0 Å². The predicted molar refractivity (Wildman–Crippen MR) is 80.1 cm³/mol. The summed E-state index contributed by atoms with van der Waals surface area (Å²) in [5.74, 6) is 2.01. The maximum atomic E-state index is 6.16. The average molecular weight is 266 g/mol. The first kappa shape index (κ1) is 15.4. The van der Waals surface area contributed by atoms with Crippen molar-refractivity contribution in [2.45, 2.75) is 78.2 Å². The van der Waals surface area contributed by atoms with Gasteiger partial charge in [0.2, 0.25) is 0 Å². The lowest BCUT2D eigenvalue weighted by molar-refractivity contribution is 0.145. The molecule has 2 heterocycles. The van der Waals surface area contributed by atoms with Crippen molar-refractivity contribution in [1.29, 1.82) is 0 Å². The molecule has 108 valence electrons. The zero-order chi connectivity index (χ0) is 14.2. The Balaban J connectivity index is 1.95. The zero-order valence-corrected chi connectivity index (χ0v) is 13.3. The van der Waals surface area contributed by atoms with Gasteiger partial charge < -0.3 is 13.9 Å². The highest BCUT2D eigenvalue weighted by molar-refractivity contribution is 6.61. The molecule has 0 N–H and O–H groups in total. The van der Waals surface area contributed by atoms with E-state index in [1.165, 1.54) is 0 Å². The van der Waals surface area contributed by atoms with Crippen molar-refractivity contribution in [2.24, 2.45) is 11.8 Å². The topological polar surface area (TPSA) is 27.7 Å². The van der Waals surface area contributed by atoms with Gasteiger partial charge in [-0.3, -0.25) is 0 Å². The van der Waals surface area contributed by atoms with E-state index in [1.54, 1.807) is 0 Å². The molecule has 6 atom stereocenters. The Hall–Kier alpha value is 0.00987. The lowest BCUT2D eigenvalue weighted by atomic mass is 9.62. The molecule has 2 aliphatic heterocycles. The van der Waals surface area contributed by atoms with Gasteiger partial charge >= 0.3 is 14.2 Å². The highest BCUT2D eigenvalue weighted by atomic mass is 16.7. The fraction of sp³-hybridized carbons (Fsp3) is 1.00. The lowest BCUT2D eigenvalue weighted by Crippen LogP contribution is -2.34. The summed E-state index contributed by atoms with van der Waals surface area (Å²) in [7, 11) is -0.203. The Morgan fingerprint density at radius 3 is 1.42 bits per heavy atom. The summed E-state index contributed by atoms with van der Waals surface area (Å²) in [4.78, 5) is 0. The number of hydrogen-bond donors (Lipinski definition) is 0. The van der Waals surface area contributed by atoms with Crippen LogP contribution in [0.2, 0.25) is 11.6 Å². The Bertz CT molecular complexity index is 274. The van der Waals surface area contributed by atoms with Crippen LogP contribution < -0.4 is 0 Å². The van der Waals surface area contributed by atoms with Crippen molar-refractivity contribution in [3.8, 4) is 0 Å². The molecule has 0 saturated carbocycles. The first-order valence-corrected chi connectivity index (χ1v) is 7.95. The first-order valence-electron chi connectivity index (χ1n) is 7.95. The molecule has 2 fully saturated rings. The van der Waals surface area contributed by atoms with E-state index in [4.69, 9.17) is 13.9 Å². The molecule has 3 nitrogen and oxygen atoms in total. The van der Waals surface area contributed by atoms with E-state index >= 15 is 0 Å². The molecular weight excluding hydrogens is 238 g/mol. The second kappa shape index (κ2) is 6.19. The quantitative estimate of drug-likeness (QED) is 0.727. The van der Waals surface area contributed by atoms with Gasteiger partial charge in [-0.15, -0.1) is 0 Å². The third-order valence-electron chi connectivity index (χ3n) is 5.38. The van der Waals surface area contributed by atoms with Crippen molar-refractivity contribution >= 4 is 14.2 Å². The van der Waals surface area contributed by atoms with E-state index in [0.29, 0.717) is 35.7 Å². The van der Waals surface area contributed by atoms with Gasteiger partial charge in [0.25, 0.3) is 0 Å². The summed E-state index contributed by atoms with van der Waals surface area (Å²) in [5.41, 5.74) is 0. The molecule has 0 aliphatic carbocycles. The van der Waals surface area contributed by atoms with Crippen LogP contribution in [0, 0.1) is 11.8 Å². The summed E-state index contributed by atoms with van der Waals surface area (Å²) in [6, 6.07) is 0. The minimum absolute atomic E-state index is 0.102. The first-order chi connectivity index (χ1) is 8.99. The number of rotatable bonds is 4. The lowest BCUT2D eigenvalue weighted by Gasteiger charge is -2.18. The van der Waals surface area contributed by atoms with Crippen LogP contribution in [0.15, 0.2) is 0 Å². The van der Waals surface area contributed by atoms with E-state index in [9.17, 15) is 0 Å². The maximum absolute atomic E-state index is 6.16. The summed E-state index contributed by atoms with van der Waals surface area (Å²) in [6.07, 6.45) is 2.77. The third-order valence-corrected chi connectivity index (χ3v) is 5.38. The molecule has 2 rings (SSSR count). The predicted octanol–water partition coefficient (Wildman–Crippen LogP) is 3.65. The normalized spacial score (nSPS) is 43.3. The molecule has 0 bridgehead atoms. The molecule has 0 spiro atoms. The van der Waals surface area contributed by atoms with Gasteiger partial charge in [0.1, 0.15) is 0 Å². The largest absolute Gasteiger partial charge is 0.451 e. The smallest absolute Gasteiger partial charge is 0.446 e.